The highest BCUT2D eigenvalue weighted by atomic mass is 16.4. The van der Waals surface area contributed by atoms with Gasteiger partial charge in [-0.05, 0) is 25.7 Å². The molecule has 1 amide bonds. The largest absolute Gasteiger partial charge is 0.480 e. The molecule has 0 spiro atoms. The van der Waals surface area contributed by atoms with Crippen LogP contribution in [0.5, 0.6) is 0 Å². The van der Waals surface area contributed by atoms with E-state index in [9.17, 15) is 14.7 Å². The summed E-state index contributed by atoms with van der Waals surface area (Å²) in [5.74, 6) is -1.26. The van der Waals surface area contributed by atoms with Crippen molar-refractivity contribution in [3.8, 4) is 0 Å². The van der Waals surface area contributed by atoms with Crippen LogP contribution in [-0.4, -0.2) is 65.9 Å². The van der Waals surface area contributed by atoms with Crippen LogP contribution in [0.15, 0.2) is 0 Å². The molecular formula is C14H28BN3O5. The molecule has 132 valence electrons. The van der Waals surface area contributed by atoms with Gasteiger partial charge in [-0.2, -0.15) is 0 Å². The molecule has 0 aliphatic carbocycles. The number of carboxylic acids is 1. The predicted octanol–water partition coefficient (Wildman–Crippen LogP) is -1.36. The van der Waals surface area contributed by atoms with Gasteiger partial charge in [0, 0.05) is 18.5 Å². The monoisotopic (exact) mass is 329 g/mol. The molecule has 0 aromatic carbocycles. The predicted molar refractivity (Wildman–Crippen MR) is 86.8 cm³/mol. The fraction of sp³-hybridized carbons (Fsp3) is 0.857. The van der Waals surface area contributed by atoms with Crippen molar-refractivity contribution in [2.24, 2.45) is 11.8 Å². The smallest absolute Gasteiger partial charge is 0.451 e. The number of rotatable bonds is 9. The first-order valence-corrected chi connectivity index (χ1v) is 8.07. The molecule has 0 saturated carbocycles. The third-order valence-corrected chi connectivity index (χ3v) is 4.36. The Balaban J connectivity index is 2.70. The molecule has 4 atom stereocenters. The van der Waals surface area contributed by atoms with Crippen molar-refractivity contribution in [2.75, 3.05) is 13.6 Å². The molecule has 0 bridgehead atoms. The van der Waals surface area contributed by atoms with Crippen molar-refractivity contribution in [2.45, 2.75) is 51.1 Å². The van der Waals surface area contributed by atoms with E-state index in [1.54, 1.807) is 7.05 Å². The van der Waals surface area contributed by atoms with Gasteiger partial charge in [0.25, 0.3) is 0 Å². The van der Waals surface area contributed by atoms with Crippen LogP contribution in [0.25, 0.3) is 0 Å². The Bertz CT molecular complexity index is 408. The highest BCUT2D eigenvalue weighted by Crippen LogP contribution is 2.23. The first-order chi connectivity index (χ1) is 10.8. The Morgan fingerprint density at radius 1 is 1.35 bits per heavy atom. The van der Waals surface area contributed by atoms with Gasteiger partial charge in [0.1, 0.15) is 6.04 Å². The molecule has 0 radical (unpaired) electrons. The lowest BCUT2D eigenvalue weighted by molar-refractivity contribution is -0.140. The van der Waals surface area contributed by atoms with Crippen molar-refractivity contribution >= 4 is 19.0 Å². The van der Waals surface area contributed by atoms with Gasteiger partial charge in [-0.25, -0.2) is 0 Å². The fourth-order valence-corrected chi connectivity index (χ4v) is 3.16. The maximum atomic E-state index is 12.3. The lowest BCUT2D eigenvalue weighted by Crippen LogP contribution is -2.51. The van der Waals surface area contributed by atoms with E-state index in [4.69, 9.17) is 10.0 Å². The van der Waals surface area contributed by atoms with Crippen LogP contribution in [-0.2, 0) is 9.59 Å². The molecule has 23 heavy (non-hydrogen) atoms. The Labute approximate surface area is 137 Å². The zero-order chi connectivity index (χ0) is 17.6. The van der Waals surface area contributed by atoms with E-state index < -0.39 is 19.1 Å². The zero-order valence-corrected chi connectivity index (χ0v) is 14.0. The summed E-state index contributed by atoms with van der Waals surface area (Å²) >= 11 is 0. The van der Waals surface area contributed by atoms with Gasteiger partial charge in [-0.15, -0.1) is 0 Å². The second-order valence-electron chi connectivity index (χ2n) is 6.42. The van der Waals surface area contributed by atoms with E-state index in [0.29, 0.717) is 19.4 Å². The number of nitrogens with one attached hydrogen (secondary N) is 3. The number of carboxylic acid groups (broad SMARTS) is 1. The molecular weight excluding hydrogens is 301 g/mol. The summed E-state index contributed by atoms with van der Waals surface area (Å²) in [6.07, 6.45) is 1.17. The normalized spacial score (nSPS) is 25.4. The molecule has 1 aliphatic heterocycles. The molecule has 8 nitrogen and oxygen atoms in total. The number of carbonyl (C=O) groups is 2. The van der Waals surface area contributed by atoms with E-state index in [0.717, 1.165) is 0 Å². The third-order valence-electron chi connectivity index (χ3n) is 4.36. The minimum absolute atomic E-state index is 0.118. The highest BCUT2D eigenvalue weighted by Gasteiger charge is 2.41. The average Bonchev–Trinajstić information content (AvgIpc) is 2.82. The van der Waals surface area contributed by atoms with E-state index >= 15 is 0 Å². The summed E-state index contributed by atoms with van der Waals surface area (Å²) in [7, 11) is 0.326. The topological polar surface area (TPSA) is 131 Å². The summed E-state index contributed by atoms with van der Waals surface area (Å²) < 4.78 is 0. The highest BCUT2D eigenvalue weighted by molar-refractivity contribution is 6.40. The summed E-state index contributed by atoms with van der Waals surface area (Å²) in [4.78, 5) is 23.7. The number of hydrogen-bond acceptors (Lipinski definition) is 6. The standard InChI is InChI=1S/C14H28BN3O5/c1-8(2)11(16-3)13(19)18-10-7-17-12(14(20)21)9(10)5-4-6-15(22)23/h8-12,16-17,22-23H,4-7H2,1-3H3,(H,18,19)(H,20,21)/t9-,10+,11+,12+/m1/s1. The van der Waals surface area contributed by atoms with Crippen LogP contribution in [0.2, 0.25) is 6.32 Å². The third kappa shape index (κ3) is 5.76. The van der Waals surface area contributed by atoms with Gasteiger partial charge >= 0.3 is 13.1 Å². The Kier molecular flexibility index (Phi) is 7.97. The second-order valence-corrected chi connectivity index (χ2v) is 6.42. The van der Waals surface area contributed by atoms with Crippen LogP contribution in [0.1, 0.15) is 26.7 Å². The summed E-state index contributed by atoms with van der Waals surface area (Å²) in [5.41, 5.74) is 0. The van der Waals surface area contributed by atoms with Crippen molar-refractivity contribution in [3.63, 3.8) is 0 Å². The Hall–Kier alpha value is -1.16. The van der Waals surface area contributed by atoms with E-state index in [1.165, 1.54) is 0 Å². The summed E-state index contributed by atoms with van der Waals surface area (Å²) in [5, 5.41) is 36.0. The first kappa shape index (κ1) is 19.9. The molecule has 1 rings (SSSR count). The maximum absolute atomic E-state index is 12.3. The van der Waals surface area contributed by atoms with Gasteiger partial charge in [0.2, 0.25) is 5.91 Å². The number of aliphatic carboxylic acids is 1. The molecule has 1 aliphatic rings. The Morgan fingerprint density at radius 3 is 2.48 bits per heavy atom. The van der Waals surface area contributed by atoms with Crippen LogP contribution in [0.4, 0.5) is 0 Å². The minimum atomic E-state index is -1.39. The lowest BCUT2D eigenvalue weighted by Gasteiger charge is -2.26. The molecule has 0 unspecified atom stereocenters. The first-order valence-electron chi connectivity index (χ1n) is 8.07. The molecule has 1 saturated heterocycles. The Morgan fingerprint density at radius 2 is 2.00 bits per heavy atom. The number of amides is 1. The van der Waals surface area contributed by atoms with Gasteiger partial charge in [0.15, 0.2) is 0 Å². The molecule has 1 heterocycles. The van der Waals surface area contributed by atoms with Gasteiger partial charge in [-0.1, -0.05) is 20.3 Å². The quantitative estimate of drug-likeness (QED) is 0.288. The second kappa shape index (κ2) is 9.22. The van der Waals surface area contributed by atoms with Crippen LogP contribution >= 0.6 is 0 Å². The number of likely N-dealkylation sites (N-methyl/N-ethyl adjacent to an activating group) is 1. The minimum Gasteiger partial charge on any atom is -0.480 e. The number of carbonyl (C=O) groups excluding carboxylic acids is 1. The van der Waals surface area contributed by atoms with Crippen LogP contribution in [0.3, 0.4) is 0 Å². The van der Waals surface area contributed by atoms with Crippen LogP contribution < -0.4 is 16.0 Å². The van der Waals surface area contributed by atoms with Gasteiger partial charge in [-0.3, -0.25) is 9.59 Å². The summed E-state index contributed by atoms with van der Waals surface area (Å²) in [6.45, 7) is 4.27. The van der Waals surface area contributed by atoms with Crippen molar-refractivity contribution in [3.05, 3.63) is 0 Å². The van der Waals surface area contributed by atoms with Crippen molar-refractivity contribution < 1.29 is 24.7 Å². The van der Waals surface area contributed by atoms with Gasteiger partial charge in [0.05, 0.1) is 6.04 Å². The number of hydrogen-bond donors (Lipinski definition) is 6. The van der Waals surface area contributed by atoms with Gasteiger partial charge < -0.3 is 31.1 Å². The molecule has 9 heteroatoms. The van der Waals surface area contributed by atoms with E-state index in [1.807, 2.05) is 13.8 Å². The van der Waals surface area contributed by atoms with Crippen molar-refractivity contribution in [1.29, 1.82) is 0 Å². The fourth-order valence-electron chi connectivity index (χ4n) is 3.16. The summed E-state index contributed by atoms with van der Waals surface area (Å²) in [6, 6.07) is -1.35. The molecule has 1 fully saturated rings. The lowest BCUT2D eigenvalue weighted by atomic mass is 9.80. The van der Waals surface area contributed by atoms with E-state index in [2.05, 4.69) is 16.0 Å². The van der Waals surface area contributed by atoms with Crippen LogP contribution in [0, 0.1) is 11.8 Å². The average molecular weight is 329 g/mol. The van der Waals surface area contributed by atoms with E-state index in [-0.39, 0.29) is 36.1 Å². The molecule has 0 aromatic rings. The zero-order valence-electron chi connectivity index (χ0n) is 14.0. The molecule has 0 aromatic heterocycles. The molecule has 6 N–H and O–H groups in total. The SMILES string of the molecule is CN[C@H](C(=O)N[C@H]1CN[C@H](C(=O)O)[C@@H]1CCCB(O)O)C(C)C. The van der Waals surface area contributed by atoms with Crippen molar-refractivity contribution in [1.82, 2.24) is 16.0 Å². The maximum Gasteiger partial charge on any atom is 0.451 e.